The van der Waals surface area contributed by atoms with Gasteiger partial charge < -0.3 is 9.84 Å². The summed E-state index contributed by atoms with van der Waals surface area (Å²) in [6.45, 7) is 4.13. The van der Waals surface area contributed by atoms with Crippen LogP contribution in [0.15, 0.2) is 29.7 Å². The number of hydrogen-bond donors (Lipinski definition) is 1. The fourth-order valence-corrected chi connectivity index (χ4v) is 2.59. The van der Waals surface area contributed by atoms with Crippen LogP contribution in [-0.4, -0.2) is 38.5 Å². The molecule has 0 aliphatic heterocycles. The van der Waals surface area contributed by atoms with Gasteiger partial charge in [-0.2, -0.15) is 0 Å². The first kappa shape index (κ1) is 15.4. The summed E-state index contributed by atoms with van der Waals surface area (Å²) in [5.74, 6) is -0.102. The molecule has 7 heteroatoms. The van der Waals surface area contributed by atoms with E-state index in [9.17, 15) is 4.79 Å². The van der Waals surface area contributed by atoms with Crippen molar-refractivity contribution in [3.8, 4) is 11.6 Å². The highest BCUT2D eigenvalue weighted by atomic mass is 32.2. The molecule has 0 radical (unpaired) electrons. The van der Waals surface area contributed by atoms with E-state index in [2.05, 4.69) is 23.8 Å². The number of carboxylic acid groups (broad SMARTS) is 1. The van der Waals surface area contributed by atoms with E-state index in [0.29, 0.717) is 11.0 Å². The zero-order chi connectivity index (χ0) is 15.4. The summed E-state index contributed by atoms with van der Waals surface area (Å²) in [5.41, 5.74) is 1.85. The molecule has 6 nitrogen and oxygen atoms in total. The van der Waals surface area contributed by atoms with Gasteiger partial charge >= 0.3 is 5.97 Å². The minimum atomic E-state index is -0.867. The van der Waals surface area contributed by atoms with Crippen molar-refractivity contribution in [3.05, 3.63) is 30.2 Å². The maximum Gasteiger partial charge on any atom is 0.313 e. The predicted molar refractivity (Wildman–Crippen MR) is 80.4 cm³/mol. The Hall–Kier alpha value is -2.02. The summed E-state index contributed by atoms with van der Waals surface area (Å²) in [5, 5.41) is 9.48. The Kier molecular flexibility index (Phi) is 4.85. The van der Waals surface area contributed by atoms with E-state index in [-0.39, 0.29) is 11.7 Å². The van der Waals surface area contributed by atoms with E-state index in [1.54, 1.807) is 25.6 Å². The molecule has 1 N–H and O–H groups in total. The number of carbonyl (C=O) groups is 1. The Morgan fingerprint density at radius 1 is 1.38 bits per heavy atom. The van der Waals surface area contributed by atoms with Gasteiger partial charge in [0.2, 0.25) is 5.88 Å². The first-order chi connectivity index (χ1) is 10.0. The van der Waals surface area contributed by atoms with Gasteiger partial charge in [-0.15, -0.1) is 0 Å². The lowest BCUT2D eigenvalue weighted by Gasteiger charge is -2.13. The van der Waals surface area contributed by atoms with Crippen LogP contribution in [0.25, 0.3) is 5.69 Å². The van der Waals surface area contributed by atoms with Crippen LogP contribution in [-0.2, 0) is 4.79 Å². The fraction of sp³-hybridized carbons (Fsp3) is 0.357. The van der Waals surface area contributed by atoms with Crippen molar-refractivity contribution in [2.45, 2.75) is 24.9 Å². The Morgan fingerprint density at radius 2 is 2.14 bits per heavy atom. The average molecular weight is 307 g/mol. The quantitative estimate of drug-likeness (QED) is 0.827. The Labute approximate surface area is 127 Å². The lowest BCUT2D eigenvalue weighted by molar-refractivity contribution is -0.133. The molecule has 0 aromatic carbocycles. The van der Waals surface area contributed by atoms with Gasteiger partial charge in [-0.1, -0.05) is 25.6 Å². The van der Waals surface area contributed by atoms with E-state index < -0.39 is 5.97 Å². The number of ether oxygens (including phenoxy) is 1. The Morgan fingerprint density at radius 3 is 2.67 bits per heavy atom. The summed E-state index contributed by atoms with van der Waals surface area (Å²) in [6, 6.07) is 3.65. The summed E-state index contributed by atoms with van der Waals surface area (Å²) in [7, 11) is 1.56. The molecular weight excluding hydrogens is 290 g/mol. The van der Waals surface area contributed by atoms with Crippen molar-refractivity contribution in [2.75, 3.05) is 12.9 Å². The molecule has 2 rings (SSSR count). The van der Waals surface area contributed by atoms with Crippen LogP contribution in [0, 0.1) is 0 Å². The van der Waals surface area contributed by atoms with Crippen LogP contribution >= 0.6 is 11.8 Å². The third-order valence-corrected chi connectivity index (χ3v) is 3.80. The number of carboxylic acids is 1. The van der Waals surface area contributed by atoms with Crippen LogP contribution in [0.1, 0.15) is 25.5 Å². The highest BCUT2D eigenvalue weighted by Gasteiger charge is 2.16. The van der Waals surface area contributed by atoms with Crippen molar-refractivity contribution >= 4 is 17.7 Å². The van der Waals surface area contributed by atoms with E-state index in [0.717, 1.165) is 11.4 Å². The lowest BCUT2D eigenvalue weighted by Crippen LogP contribution is -2.06. The number of aliphatic carboxylic acids is 1. The number of hydrogen-bond acceptors (Lipinski definition) is 5. The second kappa shape index (κ2) is 6.62. The Bertz CT molecular complexity index is 623. The first-order valence-corrected chi connectivity index (χ1v) is 7.44. The minimum Gasteiger partial charge on any atom is -0.481 e. The molecule has 2 aromatic rings. The zero-order valence-corrected chi connectivity index (χ0v) is 12.9. The molecule has 0 saturated carbocycles. The van der Waals surface area contributed by atoms with E-state index >= 15 is 0 Å². The monoisotopic (exact) mass is 307 g/mol. The molecule has 21 heavy (non-hydrogen) atoms. The highest BCUT2D eigenvalue weighted by Crippen LogP contribution is 2.27. The van der Waals surface area contributed by atoms with E-state index in [1.807, 2.05) is 10.6 Å². The molecule has 0 saturated heterocycles. The van der Waals surface area contributed by atoms with Crippen molar-refractivity contribution in [1.82, 2.24) is 14.5 Å². The number of nitrogens with zero attached hydrogens (tertiary/aromatic N) is 3. The molecule has 0 fully saturated rings. The number of pyridine rings is 1. The third kappa shape index (κ3) is 3.55. The molecule has 0 amide bonds. The van der Waals surface area contributed by atoms with Gasteiger partial charge in [0.05, 0.1) is 30.9 Å². The van der Waals surface area contributed by atoms with Crippen LogP contribution in [0.4, 0.5) is 0 Å². The van der Waals surface area contributed by atoms with Crippen LogP contribution in [0.2, 0.25) is 0 Å². The van der Waals surface area contributed by atoms with Crippen LogP contribution < -0.4 is 4.74 Å². The van der Waals surface area contributed by atoms with E-state index in [4.69, 9.17) is 9.84 Å². The fourth-order valence-electron chi connectivity index (χ4n) is 1.87. The maximum atomic E-state index is 10.8. The van der Waals surface area contributed by atoms with Crippen molar-refractivity contribution < 1.29 is 14.6 Å². The minimum absolute atomic E-state index is 0.0296. The summed E-state index contributed by atoms with van der Waals surface area (Å²) < 4.78 is 6.99. The number of methoxy groups -OCH3 is 1. The molecule has 0 spiro atoms. The second-order valence-electron chi connectivity index (χ2n) is 4.70. The largest absolute Gasteiger partial charge is 0.481 e. The van der Waals surface area contributed by atoms with Gasteiger partial charge in [-0.05, 0) is 12.0 Å². The summed E-state index contributed by atoms with van der Waals surface area (Å²) in [6.07, 6.45) is 3.47. The Balaban J connectivity index is 2.41. The standard InChI is InChI=1S/C14H17N3O3S/c1-9(2)11-7-16-14(21-8-13(18)19)17(11)10-4-5-12(20-3)15-6-10/h4-7,9H,8H2,1-3H3,(H,18,19). The average Bonchev–Trinajstić information content (AvgIpc) is 2.89. The molecule has 0 unspecified atom stereocenters. The van der Waals surface area contributed by atoms with Crippen LogP contribution in [0.3, 0.4) is 0 Å². The SMILES string of the molecule is COc1ccc(-n2c(C(C)C)cnc2SCC(=O)O)cn1. The summed E-state index contributed by atoms with van der Waals surface area (Å²) in [4.78, 5) is 19.3. The van der Waals surface area contributed by atoms with Crippen molar-refractivity contribution in [2.24, 2.45) is 0 Å². The summed E-state index contributed by atoms with van der Waals surface area (Å²) >= 11 is 1.19. The second-order valence-corrected chi connectivity index (χ2v) is 5.64. The molecule has 0 atom stereocenters. The topological polar surface area (TPSA) is 77.2 Å². The molecule has 0 aliphatic carbocycles. The maximum absolute atomic E-state index is 10.8. The number of rotatable bonds is 6. The molecule has 2 aromatic heterocycles. The van der Waals surface area contributed by atoms with Gasteiger partial charge in [-0.3, -0.25) is 9.36 Å². The van der Waals surface area contributed by atoms with Gasteiger partial charge in [-0.25, -0.2) is 9.97 Å². The van der Waals surface area contributed by atoms with Crippen molar-refractivity contribution in [1.29, 1.82) is 0 Å². The predicted octanol–water partition coefficient (Wildman–Crippen LogP) is 2.58. The number of thioether (sulfide) groups is 1. The molecule has 0 aliphatic rings. The number of imidazole rings is 1. The van der Waals surface area contributed by atoms with Gasteiger partial charge in [0.25, 0.3) is 0 Å². The van der Waals surface area contributed by atoms with Gasteiger partial charge in [0.1, 0.15) is 0 Å². The number of aromatic nitrogens is 3. The lowest BCUT2D eigenvalue weighted by atomic mass is 10.1. The molecule has 0 bridgehead atoms. The molecule has 112 valence electrons. The van der Waals surface area contributed by atoms with E-state index in [1.165, 1.54) is 11.8 Å². The van der Waals surface area contributed by atoms with Crippen LogP contribution in [0.5, 0.6) is 5.88 Å². The smallest absolute Gasteiger partial charge is 0.313 e. The molecule has 2 heterocycles. The zero-order valence-electron chi connectivity index (χ0n) is 12.1. The third-order valence-electron chi connectivity index (χ3n) is 2.86. The van der Waals surface area contributed by atoms with Crippen molar-refractivity contribution in [3.63, 3.8) is 0 Å². The van der Waals surface area contributed by atoms with Gasteiger partial charge in [0.15, 0.2) is 5.16 Å². The molecular formula is C14H17N3O3S. The highest BCUT2D eigenvalue weighted by molar-refractivity contribution is 7.99. The first-order valence-electron chi connectivity index (χ1n) is 6.45. The van der Waals surface area contributed by atoms with Gasteiger partial charge in [0, 0.05) is 11.8 Å². The normalized spacial score (nSPS) is 10.9.